The zero-order chi connectivity index (χ0) is 22.7. The predicted octanol–water partition coefficient (Wildman–Crippen LogP) is 2.29. The molecule has 3 heterocycles. The maximum atomic E-state index is 14.1. The van der Waals surface area contributed by atoms with Gasteiger partial charge in [0.2, 0.25) is 0 Å². The minimum absolute atomic E-state index is 0.0133. The number of pyridine rings is 1. The molecule has 1 N–H and O–H groups in total. The van der Waals surface area contributed by atoms with Gasteiger partial charge in [0.05, 0.1) is 25.3 Å². The largest absolute Gasteiger partial charge is 0.347 e. The van der Waals surface area contributed by atoms with Gasteiger partial charge in [-0.3, -0.25) is 9.59 Å². The van der Waals surface area contributed by atoms with Gasteiger partial charge in [0.15, 0.2) is 17.2 Å². The third-order valence-electron chi connectivity index (χ3n) is 5.06. The lowest BCUT2D eigenvalue weighted by Crippen LogP contribution is -2.39. The molecule has 0 aliphatic carbocycles. The highest BCUT2D eigenvalue weighted by Crippen LogP contribution is 2.33. The number of nitrogens with one attached hydrogen (secondary N) is 1. The Morgan fingerprint density at radius 2 is 1.94 bits per heavy atom. The van der Waals surface area contributed by atoms with Gasteiger partial charge >= 0.3 is 0 Å². The van der Waals surface area contributed by atoms with E-state index in [0.717, 1.165) is 16.5 Å². The first kappa shape index (κ1) is 21.5. The molecule has 0 radical (unpaired) electrons. The monoisotopic (exact) mass is 444 g/mol. The van der Waals surface area contributed by atoms with Crippen molar-refractivity contribution < 1.29 is 22.8 Å². The molecule has 32 heavy (non-hydrogen) atoms. The normalized spacial score (nSPS) is 17.3. The molecule has 166 valence electrons. The number of halogens is 3. The van der Waals surface area contributed by atoms with Crippen LogP contribution < -0.4 is 5.32 Å². The smallest absolute Gasteiger partial charge is 0.276 e. The van der Waals surface area contributed by atoms with Crippen LogP contribution in [0, 0.1) is 5.82 Å². The van der Waals surface area contributed by atoms with E-state index in [1.165, 1.54) is 23.1 Å². The van der Waals surface area contributed by atoms with Crippen molar-refractivity contribution in [3.63, 3.8) is 0 Å². The van der Waals surface area contributed by atoms with Crippen LogP contribution in [0.15, 0.2) is 54.9 Å². The van der Waals surface area contributed by atoms with Crippen LogP contribution in [0.5, 0.6) is 0 Å². The Kier molecular flexibility index (Phi) is 5.89. The molecule has 0 saturated carbocycles. The van der Waals surface area contributed by atoms with Crippen molar-refractivity contribution in [2.45, 2.75) is 31.5 Å². The Bertz CT molecular complexity index is 1120. The lowest BCUT2D eigenvalue weighted by atomic mass is 10.2. The van der Waals surface area contributed by atoms with Gasteiger partial charge in [-0.25, -0.2) is 22.8 Å². The number of alkyl halides is 2. The van der Waals surface area contributed by atoms with E-state index in [-0.39, 0.29) is 12.2 Å². The fraction of sp³-hybridized carbons (Fsp3) is 0.286. The molecule has 1 aromatic carbocycles. The maximum absolute atomic E-state index is 14.1. The van der Waals surface area contributed by atoms with Crippen LogP contribution in [0.1, 0.15) is 33.0 Å². The molecule has 1 atom stereocenters. The van der Waals surface area contributed by atoms with E-state index in [9.17, 15) is 22.8 Å². The average Bonchev–Trinajstić information content (AvgIpc) is 3.36. The summed E-state index contributed by atoms with van der Waals surface area (Å²) < 4.78 is 43.4. The minimum atomic E-state index is -3.14. The van der Waals surface area contributed by atoms with E-state index < -0.39 is 48.3 Å². The molecule has 1 aliphatic rings. The zero-order valence-corrected chi connectivity index (χ0v) is 16.8. The van der Waals surface area contributed by atoms with Crippen molar-refractivity contribution in [1.82, 2.24) is 30.2 Å². The average molecular weight is 444 g/mol. The molecule has 0 unspecified atom stereocenters. The van der Waals surface area contributed by atoms with Crippen LogP contribution in [-0.2, 0) is 13.1 Å². The second-order valence-electron chi connectivity index (χ2n) is 7.47. The second-order valence-corrected chi connectivity index (χ2v) is 7.47. The van der Waals surface area contributed by atoms with E-state index in [0.29, 0.717) is 6.54 Å². The third kappa shape index (κ3) is 4.76. The van der Waals surface area contributed by atoms with Crippen molar-refractivity contribution in [1.29, 1.82) is 0 Å². The van der Waals surface area contributed by atoms with Crippen molar-refractivity contribution >= 4 is 11.8 Å². The summed E-state index contributed by atoms with van der Waals surface area (Å²) in [4.78, 5) is 29.6. The Labute approximate surface area is 181 Å². The van der Waals surface area contributed by atoms with Crippen LogP contribution in [0.3, 0.4) is 0 Å². The summed E-state index contributed by atoms with van der Waals surface area (Å²) in [5.74, 6) is -5.42. The van der Waals surface area contributed by atoms with Crippen LogP contribution in [0.4, 0.5) is 13.2 Å². The Morgan fingerprint density at radius 1 is 1.16 bits per heavy atom. The zero-order valence-electron chi connectivity index (χ0n) is 16.8. The molecule has 8 nitrogen and oxygen atoms in total. The fourth-order valence-corrected chi connectivity index (χ4v) is 3.55. The predicted molar refractivity (Wildman–Crippen MR) is 106 cm³/mol. The highest BCUT2D eigenvalue weighted by Gasteiger charge is 2.48. The fourth-order valence-electron chi connectivity index (χ4n) is 3.55. The number of amides is 2. The van der Waals surface area contributed by atoms with Crippen LogP contribution in [0.2, 0.25) is 0 Å². The van der Waals surface area contributed by atoms with Crippen LogP contribution in [-0.4, -0.2) is 55.2 Å². The lowest BCUT2D eigenvalue weighted by Gasteiger charge is -2.23. The standard InChI is InChI=1S/C21H19F3N6O2/c22-16-7-4-8-25-18(16)20(32)30-13-21(23,24)9-15(30)11-29-12-17(27-28-29)19(31)26-10-14-5-2-1-3-6-14/h1-8,12,15H,9-11,13H2,(H,26,31)/t15-/m0/s1. The summed E-state index contributed by atoms with van der Waals surface area (Å²) >= 11 is 0. The van der Waals surface area contributed by atoms with Gasteiger partial charge in [-0.1, -0.05) is 35.5 Å². The van der Waals surface area contributed by atoms with Gasteiger partial charge in [0.25, 0.3) is 17.7 Å². The van der Waals surface area contributed by atoms with E-state index in [1.807, 2.05) is 30.3 Å². The number of hydrogen-bond donors (Lipinski definition) is 1. The lowest BCUT2D eigenvalue weighted by molar-refractivity contribution is 0.0116. The van der Waals surface area contributed by atoms with E-state index in [2.05, 4.69) is 20.6 Å². The molecule has 11 heteroatoms. The number of likely N-dealkylation sites (tertiary alicyclic amines) is 1. The summed E-state index contributed by atoms with van der Waals surface area (Å²) in [6.07, 6.45) is 1.92. The molecule has 1 aliphatic heterocycles. The summed E-state index contributed by atoms with van der Waals surface area (Å²) in [5.41, 5.74) is 0.395. The van der Waals surface area contributed by atoms with E-state index >= 15 is 0 Å². The first-order chi connectivity index (χ1) is 15.3. The summed E-state index contributed by atoms with van der Waals surface area (Å²) in [6, 6.07) is 10.6. The van der Waals surface area contributed by atoms with Gasteiger partial charge in [-0.2, -0.15) is 0 Å². The van der Waals surface area contributed by atoms with E-state index in [4.69, 9.17) is 0 Å². The Morgan fingerprint density at radius 3 is 2.69 bits per heavy atom. The number of rotatable bonds is 6. The van der Waals surface area contributed by atoms with Gasteiger partial charge in [0.1, 0.15) is 0 Å². The Balaban J connectivity index is 1.44. The second kappa shape index (κ2) is 8.77. The van der Waals surface area contributed by atoms with Gasteiger partial charge in [0, 0.05) is 19.2 Å². The molecule has 2 amide bonds. The number of aromatic nitrogens is 4. The summed E-state index contributed by atoms with van der Waals surface area (Å²) in [7, 11) is 0. The third-order valence-corrected chi connectivity index (χ3v) is 5.06. The molecule has 0 spiro atoms. The molecular formula is C21H19F3N6O2. The molecule has 4 rings (SSSR count). The van der Waals surface area contributed by atoms with Gasteiger partial charge in [-0.05, 0) is 17.7 Å². The number of carbonyl (C=O) groups is 2. The topological polar surface area (TPSA) is 93.0 Å². The number of hydrogen-bond acceptors (Lipinski definition) is 5. The summed E-state index contributed by atoms with van der Waals surface area (Å²) in [6.45, 7) is -0.695. The SMILES string of the molecule is O=C(NCc1ccccc1)c1cn(C[C@@H]2CC(F)(F)CN2C(=O)c2ncccc2F)nn1. The number of carbonyl (C=O) groups excluding carboxylic acids is 2. The quantitative estimate of drug-likeness (QED) is 0.630. The molecule has 1 saturated heterocycles. The molecular weight excluding hydrogens is 425 g/mol. The van der Waals surface area contributed by atoms with Gasteiger partial charge in [-0.15, -0.1) is 5.10 Å². The van der Waals surface area contributed by atoms with Gasteiger partial charge < -0.3 is 10.2 Å². The highest BCUT2D eigenvalue weighted by molar-refractivity contribution is 5.93. The molecule has 0 bridgehead atoms. The van der Waals surface area contributed by atoms with Crippen LogP contribution >= 0.6 is 0 Å². The summed E-state index contributed by atoms with van der Waals surface area (Å²) in [5, 5.41) is 10.3. The van der Waals surface area contributed by atoms with Crippen molar-refractivity contribution in [3.05, 3.63) is 77.6 Å². The van der Waals surface area contributed by atoms with Crippen molar-refractivity contribution in [2.24, 2.45) is 0 Å². The van der Waals surface area contributed by atoms with E-state index in [1.54, 1.807) is 0 Å². The maximum Gasteiger partial charge on any atom is 0.276 e. The Hall–Kier alpha value is -3.76. The van der Waals surface area contributed by atoms with Crippen LogP contribution in [0.25, 0.3) is 0 Å². The molecule has 1 fully saturated rings. The van der Waals surface area contributed by atoms with Crippen molar-refractivity contribution in [2.75, 3.05) is 6.54 Å². The highest BCUT2D eigenvalue weighted by atomic mass is 19.3. The first-order valence-corrected chi connectivity index (χ1v) is 9.84. The minimum Gasteiger partial charge on any atom is -0.347 e. The number of benzene rings is 1. The molecule has 2 aromatic heterocycles. The number of nitrogens with zero attached hydrogens (tertiary/aromatic N) is 5. The van der Waals surface area contributed by atoms with Crippen molar-refractivity contribution in [3.8, 4) is 0 Å². The first-order valence-electron chi connectivity index (χ1n) is 9.84. The molecule has 3 aromatic rings.